The molecular formula is C27H30N4O4. The monoisotopic (exact) mass is 474 g/mol. The maximum Gasteiger partial charge on any atom is 0.203 e. The number of morpholine rings is 1. The Morgan fingerprint density at radius 1 is 1.09 bits per heavy atom. The predicted molar refractivity (Wildman–Crippen MR) is 137 cm³/mol. The van der Waals surface area contributed by atoms with Gasteiger partial charge in [0.05, 0.1) is 51.3 Å². The highest BCUT2D eigenvalue weighted by Gasteiger charge is 2.16. The molecule has 0 bridgehead atoms. The third-order valence-corrected chi connectivity index (χ3v) is 5.97. The number of rotatable bonds is 9. The Labute approximate surface area is 205 Å². The first kappa shape index (κ1) is 24.3. The molecule has 0 unspecified atom stereocenters. The van der Waals surface area contributed by atoms with Crippen LogP contribution < -0.4 is 19.5 Å². The summed E-state index contributed by atoms with van der Waals surface area (Å²) in [6.07, 6.45) is 6.85. The average molecular weight is 475 g/mol. The van der Waals surface area contributed by atoms with Crippen LogP contribution in [0.4, 0.5) is 11.4 Å². The third kappa shape index (κ3) is 5.65. The summed E-state index contributed by atoms with van der Waals surface area (Å²) in [5.74, 6) is 1.55. The van der Waals surface area contributed by atoms with Crippen molar-refractivity contribution in [3.05, 3.63) is 53.7 Å². The van der Waals surface area contributed by atoms with E-state index in [1.54, 1.807) is 27.5 Å². The molecule has 1 fully saturated rings. The van der Waals surface area contributed by atoms with Gasteiger partial charge in [-0.25, -0.2) is 0 Å². The van der Waals surface area contributed by atoms with E-state index in [9.17, 15) is 5.26 Å². The first-order valence-electron chi connectivity index (χ1n) is 11.5. The Morgan fingerprint density at radius 3 is 2.49 bits per heavy atom. The van der Waals surface area contributed by atoms with Crippen LogP contribution in [0.25, 0.3) is 17.0 Å². The van der Waals surface area contributed by atoms with Gasteiger partial charge >= 0.3 is 0 Å². The minimum atomic E-state index is 0.444. The zero-order chi connectivity index (χ0) is 24.6. The van der Waals surface area contributed by atoms with E-state index in [1.807, 2.05) is 24.3 Å². The molecule has 35 heavy (non-hydrogen) atoms. The van der Waals surface area contributed by atoms with Crippen LogP contribution in [0, 0.1) is 11.3 Å². The topological polar surface area (TPSA) is 88.9 Å². The van der Waals surface area contributed by atoms with Gasteiger partial charge < -0.3 is 24.3 Å². The van der Waals surface area contributed by atoms with Gasteiger partial charge in [0, 0.05) is 49.0 Å². The van der Waals surface area contributed by atoms with E-state index < -0.39 is 0 Å². The van der Waals surface area contributed by atoms with Gasteiger partial charge in [0.15, 0.2) is 11.5 Å². The molecule has 3 aromatic rings. The molecule has 0 atom stereocenters. The number of aromatic nitrogens is 1. The summed E-state index contributed by atoms with van der Waals surface area (Å²) in [6, 6.07) is 11.9. The second-order valence-electron chi connectivity index (χ2n) is 8.12. The van der Waals surface area contributed by atoms with E-state index in [1.165, 1.54) is 0 Å². The number of fused-ring (bicyclic) bond motifs is 1. The first-order valence-corrected chi connectivity index (χ1v) is 11.5. The summed E-state index contributed by atoms with van der Waals surface area (Å²) in [4.78, 5) is 6.89. The molecule has 0 spiro atoms. The van der Waals surface area contributed by atoms with E-state index in [4.69, 9.17) is 18.9 Å². The van der Waals surface area contributed by atoms with Crippen LogP contribution in [0.2, 0.25) is 0 Å². The highest BCUT2D eigenvalue weighted by atomic mass is 16.5. The van der Waals surface area contributed by atoms with E-state index in [0.717, 1.165) is 55.7 Å². The van der Waals surface area contributed by atoms with Crippen LogP contribution in [-0.4, -0.2) is 64.1 Å². The Morgan fingerprint density at radius 2 is 1.83 bits per heavy atom. The van der Waals surface area contributed by atoms with Crippen LogP contribution >= 0.6 is 0 Å². The Balaban J connectivity index is 1.63. The number of nitrogens with zero attached hydrogens (tertiary/aromatic N) is 3. The van der Waals surface area contributed by atoms with Crippen LogP contribution in [0.3, 0.4) is 0 Å². The number of methoxy groups -OCH3 is 3. The Hall–Kier alpha value is -3.80. The van der Waals surface area contributed by atoms with Gasteiger partial charge in [-0.2, -0.15) is 5.26 Å². The lowest BCUT2D eigenvalue weighted by atomic mass is 10.1. The molecule has 1 aromatic heterocycles. The second kappa shape index (κ2) is 11.6. The molecule has 1 N–H and O–H groups in total. The fourth-order valence-corrected chi connectivity index (χ4v) is 4.13. The Bertz CT molecular complexity index is 1220. The number of nitrogens with one attached hydrogen (secondary N) is 1. The lowest BCUT2D eigenvalue weighted by molar-refractivity contribution is 0.0387. The van der Waals surface area contributed by atoms with Crippen LogP contribution in [0.1, 0.15) is 17.5 Å². The molecular weight excluding hydrogens is 444 g/mol. The molecule has 8 nitrogen and oxygen atoms in total. The third-order valence-electron chi connectivity index (χ3n) is 5.97. The SMILES string of the molecule is COc1cc(Nc2c(C#N)cnc3ccc(C=CCCN4CCOCC4)cc23)cc(OC)c1OC. The van der Waals surface area contributed by atoms with Crippen molar-refractivity contribution in [3.63, 3.8) is 0 Å². The zero-order valence-electron chi connectivity index (χ0n) is 20.3. The maximum absolute atomic E-state index is 9.78. The number of nitriles is 1. The molecule has 182 valence electrons. The molecule has 0 amide bonds. The highest BCUT2D eigenvalue weighted by Crippen LogP contribution is 2.41. The molecule has 8 heteroatoms. The molecule has 2 aromatic carbocycles. The van der Waals surface area contributed by atoms with Crippen molar-refractivity contribution < 1.29 is 18.9 Å². The van der Waals surface area contributed by atoms with Gasteiger partial charge in [-0.1, -0.05) is 18.2 Å². The van der Waals surface area contributed by atoms with E-state index in [0.29, 0.717) is 34.2 Å². The van der Waals surface area contributed by atoms with E-state index in [2.05, 4.69) is 39.5 Å². The fraction of sp³-hybridized carbons (Fsp3) is 0.333. The number of pyridine rings is 1. The van der Waals surface area contributed by atoms with Gasteiger partial charge in [-0.15, -0.1) is 0 Å². The van der Waals surface area contributed by atoms with E-state index in [-0.39, 0.29) is 0 Å². The smallest absolute Gasteiger partial charge is 0.203 e. The molecule has 0 saturated carbocycles. The standard InChI is InChI=1S/C27H30N4O4/c1-32-24-15-21(16-25(33-2)27(24)34-3)30-26-20(17-28)18-29-23-8-7-19(14-22(23)26)6-4-5-9-31-10-12-35-13-11-31/h4,6-8,14-16,18H,5,9-13H2,1-3H3,(H,29,30). The van der Waals surface area contributed by atoms with Gasteiger partial charge in [0.2, 0.25) is 5.75 Å². The number of anilines is 2. The van der Waals surface area contributed by atoms with Crippen molar-refractivity contribution in [2.24, 2.45) is 0 Å². The zero-order valence-corrected chi connectivity index (χ0v) is 20.3. The lowest BCUT2D eigenvalue weighted by Crippen LogP contribution is -2.36. The lowest BCUT2D eigenvalue weighted by Gasteiger charge is -2.25. The van der Waals surface area contributed by atoms with Crippen molar-refractivity contribution in [2.75, 3.05) is 59.5 Å². The van der Waals surface area contributed by atoms with Gasteiger partial charge in [-0.3, -0.25) is 9.88 Å². The molecule has 1 aliphatic rings. The summed E-state index contributed by atoms with van der Waals surface area (Å²) in [5.41, 5.74) is 3.67. The summed E-state index contributed by atoms with van der Waals surface area (Å²) in [7, 11) is 4.70. The molecule has 4 rings (SSSR count). The van der Waals surface area contributed by atoms with Crippen LogP contribution in [0.15, 0.2) is 42.6 Å². The summed E-state index contributed by atoms with van der Waals surface area (Å²) in [6.45, 7) is 4.61. The Kier molecular flexibility index (Phi) is 8.03. The molecule has 1 saturated heterocycles. The largest absolute Gasteiger partial charge is 0.493 e. The maximum atomic E-state index is 9.78. The van der Waals surface area contributed by atoms with Crippen LogP contribution in [-0.2, 0) is 4.74 Å². The summed E-state index contributed by atoms with van der Waals surface area (Å²) in [5, 5.41) is 14.0. The van der Waals surface area contributed by atoms with Crippen molar-refractivity contribution in [2.45, 2.75) is 6.42 Å². The summed E-state index contributed by atoms with van der Waals surface area (Å²) >= 11 is 0. The minimum Gasteiger partial charge on any atom is -0.493 e. The predicted octanol–water partition coefficient (Wildman–Crippen LogP) is 4.61. The van der Waals surface area contributed by atoms with Crippen molar-refractivity contribution >= 4 is 28.4 Å². The van der Waals surface area contributed by atoms with Crippen LogP contribution in [0.5, 0.6) is 17.2 Å². The number of hydrogen-bond donors (Lipinski definition) is 1. The van der Waals surface area contributed by atoms with Crippen molar-refractivity contribution in [1.29, 1.82) is 5.26 Å². The molecule has 1 aliphatic heterocycles. The molecule has 0 radical (unpaired) electrons. The molecule has 0 aliphatic carbocycles. The normalized spacial score (nSPS) is 14.1. The number of benzene rings is 2. The van der Waals surface area contributed by atoms with Gasteiger partial charge in [0.1, 0.15) is 6.07 Å². The number of ether oxygens (including phenoxy) is 4. The van der Waals surface area contributed by atoms with Crippen molar-refractivity contribution in [3.8, 4) is 23.3 Å². The first-order chi connectivity index (χ1) is 17.2. The van der Waals surface area contributed by atoms with Crippen molar-refractivity contribution in [1.82, 2.24) is 9.88 Å². The summed E-state index contributed by atoms with van der Waals surface area (Å²) < 4.78 is 21.8. The highest BCUT2D eigenvalue weighted by molar-refractivity contribution is 5.97. The minimum absolute atomic E-state index is 0.444. The van der Waals surface area contributed by atoms with Gasteiger partial charge in [-0.05, 0) is 24.1 Å². The van der Waals surface area contributed by atoms with E-state index >= 15 is 0 Å². The average Bonchev–Trinajstić information content (AvgIpc) is 2.91. The molecule has 2 heterocycles. The quantitative estimate of drug-likeness (QED) is 0.481. The van der Waals surface area contributed by atoms with Gasteiger partial charge in [0.25, 0.3) is 0 Å². The fourth-order valence-electron chi connectivity index (χ4n) is 4.13. The number of hydrogen-bond acceptors (Lipinski definition) is 8. The second-order valence-corrected chi connectivity index (χ2v) is 8.12.